The summed E-state index contributed by atoms with van der Waals surface area (Å²) in [4.78, 5) is 71.8. The summed E-state index contributed by atoms with van der Waals surface area (Å²) >= 11 is 6.56. The number of aryl methyl sites for hydroxylation is 1. The Morgan fingerprint density at radius 2 is 1.85 bits per heavy atom. The summed E-state index contributed by atoms with van der Waals surface area (Å²) in [6.45, 7) is 6.27. The molecule has 6 rings (SSSR count). The van der Waals surface area contributed by atoms with E-state index in [2.05, 4.69) is 10.3 Å². The van der Waals surface area contributed by atoms with Crippen molar-refractivity contribution in [3.8, 4) is 11.5 Å². The number of carbonyl (C=O) groups excluding carboxylic acids is 4. The predicted molar refractivity (Wildman–Crippen MR) is 231 cm³/mol. The van der Waals surface area contributed by atoms with E-state index in [1.807, 2.05) is 26.0 Å². The summed E-state index contributed by atoms with van der Waals surface area (Å²) in [5, 5.41) is 12.6. The smallest absolute Gasteiger partial charge is 0.419 e. The third-order valence-electron chi connectivity index (χ3n) is 9.77. The fraction of sp³-hybridized carbons (Fsp3) is 0.357. The number of aliphatic carboxylic acids is 1. The quantitative estimate of drug-likeness (QED) is 0.0351. The van der Waals surface area contributed by atoms with E-state index in [1.165, 1.54) is 38.5 Å². The molecule has 0 saturated carbocycles. The molecule has 0 aliphatic carbocycles. The molecule has 3 amide bonds. The number of carboxylic acid groups (broad SMARTS) is 1. The second-order valence-electron chi connectivity index (χ2n) is 14.6. The first-order valence-corrected chi connectivity index (χ1v) is 21.5. The number of nitrogens with one attached hydrogen (secondary N) is 2. The number of nitrogens with zero attached hydrogens (tertiary/aromatic N) is 2. The van der Waals surface area contributed by atoms with Gasteiger partial charge in [-0.3, -0.25) is 19.3 Å². The van der Waals surface area contributed by atoms with Crippen LogP contribution in [0.2, 0.25) is 0 Å². The number of fused-ring (bicyclic) bond motifs is 4. The van der Waals surface area contributed by atoms with Crippen molar-refractivity contribution in [3.63, 3.8) is 0 Å². The van der Waals surface area contributed by atoms with Gasteiger partial charge in [-0.15, -0.1) is 11.6 Å². The second-order valence-corrected chi connectivity index (χ2v) is 17.7. The van der Waals surface area contributed by atoms with Crippen molar-refractivity contribution >= 4 is 96.3 Å². The van der Waals surface area contributed by atoms with E-state index in [-0.39, 0.29) is 68.0 Å². The highest BCUT2D eigenvalue weighted by molar-refractivity contribution is 8.77. The molecule has 0 bridgehead atoms. The largest absolute Gasteiger partial charge is 0.497 e. The molecule has 3 aromatic carbocycles. The molecule has 1 aliphatic heterocycles. The van der Waals surface area contributed by atoms with Gasteiger partial charge in [-0.25, -0.2) is 9.59 Å². The van der Waals surface area contributed by atoms with Crippen molar-refractivity contribution < 1.29 is 52.4 Å². The molecule has 0 saturated heterocycles. The van der Waals surface area contributed by atoms with Gasteiger partial charge in [0.25, 0.3) is 5.91 Å². The molecule has 0 unspecified atom stereocenters. The fourth-order valence-electron chi connectivity index (χ4n) is 6.90. The number of carboxylic acids is 1. The number of methoxy groups -OCH3 is 2. The van der Waals surface area contributed by atoms with Crippen molar-refractivity contribution in [2.24, 2.45) is 0 Å². The number of benzene rings is 3. The zero-order chi connectivity index (χ0) is 43.3. The van der Waals surface area contributed by atoms with Crippen LogP contribution < -0.4 is 24.6 Å². The number of hydrogen-bond acceptors (Lipinski definition) is 12. The molecule has 15 nitrogen and oxygen atoms in total. The fourth-order valence-corrected chi connectivity index (χ4v) is 9.62. The Hall–Kier alpha value is -5.36. The molecule has 18 heteroatoms. The summed E-state index contributed by atoms with van der Waals surface area (Å²) in [6.07, 6.45) is -0.669. The Bertz CT molecular complexity index is 2450. The molecule has 3 heterocycles. The number of aromatic amines is 1. The number of esters is 1. The van der Waals surface area contributed by atoms with Crippen LogP contribution in [0.15, 0.2) is 63.9 Å². The van der Waals surface area contributed by atoms with Gasteiger partial charge in [0, 0.05) is 70.5 Å². The zero-order valence-electron chi connectivity index (χ0n) is 33.8. The van der Waals surface area contributed by atoms with E-state index in [9.17, 15) is 24.0 Å². The topological polar surface area (TPSA) is 190 Å². The second kappa shape index (κ2) is 18.9. The Morgan fingerprint density at radius 3 is 2.57 bits per heavy atom. The molecule has 0 radical (unpaired) electrons. The van der Waals surface area contributed by atoms with Gasteiger partial charge in [0.1, 0.15) is 11.3 Å². The molecule has 5 aromatic rings. The first-order chi connectivity index (χ1) is 28.7. The molecule has 0 spiro atoms. The van der Waals surface area contributed by atoms with Crippen LogP contribution in [0.1, 0.15) is 64.8 Å². The minimum atomic E-state index is -0.951. The van der Waals surface area contributed by atoms with E-state index in [1.54, 1.807) is 63.5 Å². The van der Waals surface area contributed by atoms with Gasteiger partial charge >= 0.3 is 18.0 Å². The van der Waals surface area contributed by atoms with E-state index in [0.717, 1.165) is 4.90 Å². The standard InChI is InChI=1S/C42H45ClN4O11S2/c1-23-35(40(52)55-6)37-36-25(21-43)22-47(39(51)31-18-24-17-26(54-5)11-12-29(24)57-31)28(36)19-30(38(37)45-23)58-41(53)46(4)27-9-7-8-10-32(27)59-60-42(2,3)20-33(48)44-14-16-56-15-13-34(49)50/h7-12,17-19,25,45H,13-16,20-22H2,1-6H3,(H,44,48)(H,49,50)/t25-/m1/s1. The third-order valence-corrected chi connectivity index (χ3v) is 13.5. The van der Waals surface area contributed by atoms with Crippen molar-refractivity contribution in [1.82, 2.24) is 10.3 Å². The van der Waals surface area contributed by atoms with Crippen LogP contribution in [0.4, 0.5) is 16.2 Å². The summed E-state index contributed by atoms with van der Waals surface area (Å²) in [7, 11) is 7.26. The van der Waals surface area contributed by atoms with E-state index in [0.29, 0.717) is 50.3 Å². The molecule has 318 valence electrons. The highest BCUT2D eigenvalue weighted by atomic mass is 35.5. The first kappa shape index (κ1) is 44.2. The lowest BCUT2D eigenvalue weighted by atomic mass is 9.95. The number of rotatable bonds is 17. The van der Waals surface area contributed by atoms with Gasteiger partial charge in [0.15, 0.2) is 11.5 Å². The van der Waals surface area contributed by atoms with Gasteiger partial charge in [0.05, 0.1) is 56.3 Å². The maximum atomic E-state index is 14.3. The van der Waals surface area contributed by atoms with Crippen LogP contribution >= 0.6 is 33.2 Å². The number of hydrogen-bond donors (Lipinski definition) is 3. The Kier molecular flexibility index (Phi) is 13.9. The van der Waals surface area contributed by atoms with Gasteiger partial charge in [-0.1, -0.05) is 33.7 Å². The SMILES string of the molecule is COC(=O)c1c(C)[nH]c2c(OC(=O)N(C)c3ccccc3SSC(C)(C)CC(=O)NCCOCCC(=O)O)cc3c(c12)[C@H](CCl)CN3C(=O)c1cc2cc(OC)ccc2o1. The average Bonchev–Trinajstić information content (AvgIpc) is 3.93. The summed E-state index contributed by atoms with van der Waals surface area (Å²) in [5.41, 5.74) is 3.12. The molecular weight excluding hydrogens is 836 g/mol. The zero-order valence-corrected chi connectivity index (χ0v) is 36.2. The van der Waals surface area contributed by atoms with Gasteiger partial charge in [-0.2, -0.15) is 0 Å². The summed E-state index contributed by atoms with van der Waals surface area (Å²) < 4.78 is 27.4. The third kappa shape index (κ3) is 9.65. The highest BCUT2D eigenvalue weighted by Gasteiger charge is 2.39. The van der Waals surface area contributed by atoms with Gasteiger partial charge in [0.2, 0.25) is 5.91 Å². The lowest BCUT2D eigenvalue weighted by Gasteiger charge is -2.25. The Labute approximate surface area is 358 Å². The minimum absolute atomic E-state index is 0.0695. The minimum Gasteiger partial charge on any atom is -0.497 e. The van der Waals surface area contributed by atoms with Crippen LogP contribution in [0.3, 0.4) is 0 Å². The maximum absolute atomic E-state index is 14.3. The number of alkyl halides is 1. The van der Waals surface area contributed by atoms with Crippen molar-refractivity contribution in [2.45, 2.75) is 49.2 Å². The van der Waals surface area contributed by atoms with Crippen molar-refractivity contribution in [2.75, 3.05) is 63.3 Å². The van der Waals surface area contributed by atoms with E-state index in [4.69, 9.17) is 40.1 Å². The molecule has 2 aromatic heterocycles. The Morgan fingerprint density at radius 1 is 1.08 bits per heavy atom. The van der Waals surface area contributed by atoms with Crippen LogP contribution in [-0.4, -0.2) is 98.1 Å². The summed E-state index contributed by atoms with van der Waals surface area (Å²) in [6, 6.07) is 15.7. The molecule has 60 heavy (non-hydrogen) atoms. The molecule has 1 aliphatic rings. The Balaban J connectivity index is 1.25. The number of para-hydroxylation sites is 1. The lowest BCUT2D eigenvalue weighted by Crippen LogP contribution is -2.32. The summed E-state index contributed by atoms with van der Waals surface area (Å²) in [5.74, 6) is -1.73. The van der Waals surface area contributed by atoms with Gasteiger partial charge < -0.3 is 43.7 Å². The van der Waals surface area contributed by atoms with Crippen LogP contribution in [0.25, 0.3) is 21.9 Å². The van der Waals surface area contributed by atoms with E-state index < -0.39 is 34.6 Å². The number of carbonyl (C=O) groups is 5. The monoisotopic (exact) mass is 880 g/mol. The van der Waals surface area contributed by atoms with Crippen molar-refractivity contribution in [3.05, 3.63) is 77.2 Å². The molecule has 3 N–H and O–H groups in total. The number of H-pyrrole nitrogens is 1. The van der Waals surface area contributed by atoms with Gasteiger partial charge in [-0.05, 0) is 62.7 Å². The lowest BCUT2D eigenvalue weighted by molar-refractivity contribution is -0.138. The number of aromatic nitrogens is 1. The number of halogens is 1. The number of anilines is 2. The van der Waals surface area contributed by atoms with Crippen molar-refractivity contribution in [1.29, 1.82) is 0 Å². The number of ether oxygens (including phenoxy) is 4. The molecule has 0 fully saturated rings. The predicted octanol–water partition coefficient (Wildman–Crippen LogP) is 8.15. The number of amides is 3. The highest BCUT2D eigenvalue weighted by Crippen LogP contribution is 2.49. The maximum Gasteiger partial charge on any atom is 0.419 e. The number of furan rings is 1. The molecular formula is C42H45ClN4O11S2. The average molecular weight is 881 g/mol. The van der Waals surface area contributed by atoms with Crippen LogP contribution in [-0.2, 0) is 19.1 Å². The van der Waals surface area contributed by atoms with Crippen LogP contribution in [0, 0.1) is 6.92 Å². The first-order valence-electron chi connectivity index (χ1n) is 18.9. The molecule has 1 atom stereocenters. The van der Waals surface area contributed by atoms with E-state index >= 15 is 0 Å². The normalized spacial score (nSPS) is 13.7. The van der Waals surface area contributed by atoms with Crippen LogP contribution in [0.5, 0.6) is 11.5 Å².